The molecule has 1 aliphatic carbocycles. The maximum atomic E-state index is 4.47. The summed E-state index contributed by atoms with van der Waals surface area (Å²) in [6.07, 6.45) is 9.36. The minimum atomic E-state index is 0.666. The van der Waals surface area contributed by atoms with Gasteiger partial charge in [-0.15, -0.1) is 0 Å². The highest BCUT2D eigenvalue weighted by Gasteiger charge is 2.30. The van der Waals surface area contributed by atoms with E-state index in [-0.39, 0.29) is 0 Å². The standard InChI is InChI=1S/C16H30N4/c1-4-9-17-15-8-7-13(5-2)10-14(15)11-16-18-12-19-20(16)6-3/h12-15,17H,4-11H2,1-3H3. The molecule has 0 amide bonds. The van der Waals surface area contributed by atoms with Crippen LogP contribution >= 0.6 is 0 Å². The van der Waals surface area contributed by atoms with Crippen LogP contribution in [-0.4, -0.2) is 27.4 Å². The second-order valence-electron chi connectivity index (χ2n) is 6.10. The molecule has 4 heteroatoms. The lowest BCUT2D eigenvalue weighted by Gasteiger charge is -2.36. The molecule has 1 N–H and O–H groups in total. The van der Waals surface area contributed by atoms with Gasteiger partial charge in [0.15, 0.2) is 0 Å². The monoisotopic (exact) mass is 278 g/mol. The van der Waals surface area contributed by atoms with Crippen molar-refractivity contribution < 1.29 is 0 Å². The van der Waals surface area contributed by atoms with Gasteiger partial charge in [-0.3, -0.25) is 4.68 Å². The van der Waals surface area contributed by atoms with Gasteiger partial charge in [-0.1, -0.05) is 20.3 Å². The van der Waals surface area contributed by atoms with Crippen molar-refractivity contribution in [3.63, 3.8) is 0 Å². The first-order chi connectivity index (χ1) is 9.78. The van der Waals surface area contributed by atoms with Gasteiger partial charge in [-0.05, 0) is 51.0 Å². The van der Waals surface area contributed by atoms with E-state index in [2.05, 4.69) is 36.2 Å². The van der Waals surface area contributed by atoms with E-state index >= 15 is 0 Å². The number of aromatic nitrogens is 3. The Kier molecular flexibility index (Phi) is 6.02. The van der Waals surface area contributed by atoms with Crippen LogP contribution in [0.4, 0.5) is 0 Å². The maximum absolute atomic E-state index is 4.47. The van der Waals surface area contributed by atoms with Crippen LogP contribution in [0, 0.1) is 11.8 Å². The number of hydrogen-bond donors (Lipinski definition) is 1. The van der Waals surface area contributed by atoms with Crippen molar-refractivity contribution in [1.29, 1.82) is 0 Å². The van der Waals surface area contributed by atoms with Crippen molar-refractivity contribution in [2.45, 2.75) is 71.9 Å². The van der Waals surface area contributed by atoms with Crippen LogP contribution in [-0.2, 0) is 13.0 Å². The van der Waals surface area contributed by atoms with Crippen molar-refractivity contribution in [3.05, 3.63) is 12.2 Å². The van der Waals surface area contributed by atoms with Crippen molar-refractivity contribution in [2.75, 3.05) is 6.54 Å². The van der Waals surface area contributed by atoms with Gasteiger partial charge in [0.2, 0.25) is 0 Å². The summed E-state index contributed by atoms with van der Waals surface area (Å²) in [5.74, 6) is 2.78. The number of nitrogens with one attached hydrogen (secondary N) is 1. The molecule has 1 saturated carbocycles. The predicted molar refractivity (Wildman–Crippen MR) is 82.6 cm³/mol. The lowest BCUT2D eigenvalue weighted by atomic mass is 9.75. The Morgan fingerprint density at radius 2 is 2.15 bits per heavy atom. The molecule has 0 aliphatic heterocycles. The summed E-state index contributed by atoms with van der Waals surface area (Å²) >= 11 is 0. The minimum Gasteiger partial charge on any atom is -0.314 e. The summed E-state index contributed by atoms with van der Waals surface area (Å²) in [5, 5.41) is 8.07. The fourth-order valence-corrected chi connectivity index (χ4v) is 3.50. The molecule has 3 unspecified atom stereocenters. The van der Waals surface area contributed by atoms with Gasteiger partial charge < -0.3 is 5.32 Å². The van der Waals surface area contributed by atoms with Gasteiger partial charge in [0.05, 0.1) is 0 Å². The topological polar surface area (TPSA) is 42.7 Å². The molecule has 1 heterocycles. The van der Waals surface area contributed by atoms with Gasteiger partial charge in [0.1, 0.15) is 12.2 Å². The zero-order chi connectivity index (χ0) is 14.4. The average Bonchev–Trinajstić information content (AvgIpc) is 2.93. The van der Waals surface area contributed by atoms with Crippen molar-refractivity contribution in [2.24, 2.45) is 11.8 Å². The summed E-state index contributed by atoms with van der Waals surface area (Å²) in [6, 6.07) is 0.666. The molecule has 4 nitrogen and oxygen atoms in total. The molecule has 2 rings (SSSR count). The van der Waals surface area contributed by atoms with Crippen LogP contribution in [0.15, 0.2) is 6.33 Å². The fraction of sp³-hybridized carbons (Fsp3) is 0.875. The Hall–Kier alpha value is -0.900. The predicted octanol–water partition coefficient (Wildman–Crippen LogP) is 3.04. The molecule has 1 aromatic heterocycles. The molecular weight excluding hydrogens is 248 g/mol. The fourth-order valence-electron chi connectivity index (χ4n) is 3.50. The molecule has 0 bridgehead atoms. The molecule has 1 aliphatic rings. The van der Waals surface area contributed by atoms with Crippen LogP contribution < -0.4 is 5.32 Å². The molecule has 0 aromatic carbocycles. The third-order valence-corrected chi connectivity index (χ3v) is 4.76. The Labute approximate surface area is 123 Å². The van der Waals surface area contributed by atoms with E-state index in [0.29, 0.717) is 6.04 Å². The lowest BCUT2D eigenvalue weighted by Crippen LogP contribution is -2.42. The molecular formula is C16H30N4. The minimum absolute atomic E-state index is 0.666. The largest absolute Gasteiger partial charge is 0.314 e. The van der Waals surface area contributed by atoms with Crippen LogP contribution in [0.5, 0.6) is 0 Å². The van der Waals surface area contributed by atoms with Gasteiger partial charge in [0, 0.05) is 19.0 Å². The first-order valence-corrected chi connectivity index (χ1v) is 8.38. The Morgan fingerprint density at radius 1 is 1.30 bits per heavy atom. The average molecular weight is 278 g/mol. The molecule has 3 atom stereocenters. The van der Waals surface area contributed by atoms with E-state index in [4.69, 9.17) is 0 Å². The molecule has 114 valence electrons. The normalized spacial score (nSPS) is 26.9. The highest BCUT2D eigenvalue weighted by Crippen LogP contribution is 2.33. The van der Waals surface area contributed by atoms with E-state index in [1.807, 2.05) is 4.68 Å². The van der Waals surface area contributed by atoms with Gasteiger partial charge in [0.25, 0.3) is 0 Å². The van der Waals surface area contributed by atoms with Crippen LogP contribution in [0.1, 0.15) is 58.7 Å². The SMILES string of the molecule is CCCNC1CCC(CC)CC1Cc1ncnn1CC. The smallest absolute Gasteiger partial charge is 0.138 e. The quantitative estimate of drug-likeness (QED) is 0.833. The van der Waals surface area contributed by atoms with E-state index < -0.39 is 0 Å². The highest BCUT2D eigenvalue weighted by atomic mass is 15.3. The molecule has 0 saturated heterocycles. The summed E-state index contributed by atoms with van der Waals surface area (Å²) in [5.41, 5.74) is 0. The summed E-state index contributed by atoms with van der Waals surface area (Å²) in [6.45, 7) is 8.77. The van der Waals surface area contributed by atoms with E-state index in [1.54, 1.807) is 6.33 Å². The maximum Gasteiger partial charge on any atom is 0.138 e. The molecule has 0 radical (unpaired) electrons. The van der Waals surface area contributed by atoms with Crippen LogP contribution in [0.2, 0.25) is 0 Å². The third-order valence-electron chi connectivity index (χ3n) is 4.76. The summed E-state index contributed by atoms with van der Waals surface area (Å²) in [7, 11) is 0. The lowest BCUT2D eigenvalue weighted by molar-refractivity contribution is 0.194. The zero-order valence-corrected chi connectivity index (χ0v) is 13.3. The summed E-state index contributed by atoms with van der Waals surface area (Å²) < 4.78 is 2.05. The third kappa shape index (κ3) is 3.81. The highest BCUT2D eigenvalue weighted by molar-refractivity contribution is 4.94. The number of aryl methyl sites for hydroxylation is 1. The van der Waals surface area contributed by atoms with Gasteiger partial charge in [-0.2, -0.15) is 5.10 Å². The molecule has 1 aromatic rings. The Bertz CT molecular complexity index is 388. The first-order valence-electron chi connectivity index (χ1n) is 8.38. The second kappa shape index (κ2) is 7.77. The number of nitrogens with zero attached hydrogens (tertiary/aromatic N) is 3. The van der Waals surface area contributed by atoms with Crippen LogP contribution in [0.25, 0.3) is 0 Å². The van der Waals surface area contributed by atoms with E-state index in [1.165, 1.54) is 32.1 Å². The van der Waals surface area contributed by atoms with Crippen molar-refractivity contribution in [1.82, 2.24) is 20.1 Å². The van der Waals surface area contributed by atoms with Crippen LogP contribution in [0.3, 0.4) is 0 Å². The van der Waals surface area contributed by atoms with E-state index in [9.17, 15) is 0 Å². The number of rotatable bonds is 7. The molecule has 1 fully saturated rings. The van der Waals surface area contributed by atoms with E-state index in [0.717, 1.165) is 37.2 Å². The van der Waals surface area contributed by atoms with Gasteiger partial charge >= 0.3 is 0 Å². The summed E-state index contributed by atoms with van der Waals surface area (Å²) in [4.78, 5) is 4.47. The van der Waals surface area contributed by atoms with Gasteiger partial charge in [-0.25, -0.2) is 4.98 Å². The Balaban J connectivity index is 2.02. The Morgan fingerprint density at radius 3 is 2.85 bits per heavy atom. The molecule has 0 spiro atoms. The van der Waals surface area contributed by atoms with Crippen molar-refractivity contribution in [3.8, 4) is 0 Å². The molecule has 20 heavy (non-hydrogen) atoms. The first kappa shape index (κ1) is 15.5. The second-order valence-corrected chi connectivity index (χ2v) is 6.10. The van der Waals surface area contributed by atoms with Crippen molar-refractivity contribution >= 4 is 0 Å². The zero-order valence-electron chi connectivity index (χ0n) is 13.3. The number of hydrogen-bond acceptors (Lipinski definition) is 3.